The van der Waals surface area contributed by atoms with Gasteiger partial charge in [0.15, 0.2) is 4.73 Å². The van der Waals surface area contributed by atoms with Crippen LogP contribution in [0.25, 0.3) is 11.3 Å². The van der Waals surface area contributed by atoms with Crippen LogP contribution >= 0.6 is 15.9 Å². The van der Waals surface area contributed by atoms with Crippen molar-refractivity contribution in [3.05, 3.63) is 34.2 Å². The lowest BCUT2D eigenvalue weighted by Crippen LogP contribution is -1.97. The van der Waals surface area contributed by atoms with E-state index in [1.54, 1.807) is 7.11 Å². The van der Waals surface area contributed by atoms with Gasteiger partial charge in [0.2, 0.25) is 0 Å². The highest BCUT2D eigenvalue weighted by atomic mass is 79.9. The van der Waals surface area contributed by atoms with Crippen molar-refractivity contribution in [2.45, 2.75) is 26.7 Å². The Morgan fingerprint density at radius 3 is 2.56 bits per heavy atom. The van der Waals surface area contributed by atoms with Crippen LogP contribution in [0.15, 0.2) is 23.1 Å². The van der Waals surface area contributed by atoms with E-state index in [0.717, 1.165) is 21.7 Å². The summed E-state index contributed by atoms with van der Waals surface area (Å²) in [6, 6.07) is 4.26. The lowest BCUT2D eigenvalue weighted by Gasteiger charge is -2.15. The molecule has 4 heteroatoms. The number of imidazole rings is 1. The van der Waals surface area contributed by atoms with E-state index in [2.05, 4.69) is 58.8 Å². The second-order valence-electron chi connectivity index (χ2n) is 4.65. The molecular formula is C14H17BrN2O. The van der Waals surface area contributed by atoms with Gasteiger partial charge in [0, 0.05) is 5.56 Å². The quantitative estimate of drug-likeness (QED) is 0.919. The van der Waals surface area contributed by atoms with Crippen LogP contribution in [0.4, 0.5) is 0 Å². The minimum absolute atomic E-state index is 0.422. The first-order valence-corrected chi connectivity index (χ1v) is 6.71. The van der Waals surface area contributed by atoms with Crippen LogP contribution < -0.4 is 4.74 Å². The Labute approximate surface area is 116 Å². The Balaban J connectivity index is 2.58. The van der Waals surface area contributed by atoms with Crippen molar-refractivity contribution in [2.75, 3.05) is 7.11 Å². The number of hydrogen-bond donors (Lipinski definition) is 1. The van der Waals surface area contributed by atoms with Gasteiger partial charge in [0.1, 0.15) is 5.75 Å². The van der Waals surface area contributed by atoms with E-state index in [-0.39, 0.29) is 0 Å². The van der Waals surface area contributed by atoms with Gasteiger partial charge in [-0.1, -0.05) is 13.8 Å². The highest BCUT2D eigenvalue weighted by Gasteiger charge is 2.13. The van der Waals surface area contributed by atoms with Crippen LogP contribution in [0.2, 0.25) is 0 Å². The molecule has 0 saturated heterocycles. The Kier molecular flexibility index (Phi) is 3.76. The molecule has 1 aromatic carbocycles. The highest BCUT2D eigenvalue weighted by molar-refractivity contribution is 9.10. The SMILES string of the molecule is COc1cc(C)c(-c2cnc(Br)[nH]2)cc1C(C)C. The predicted molar refractivity (Wildman–Crippen MR) is 77.1 cm³/mol. The van der Waals surface area contributed by atoms with Crippen molar-refractivity contribution >= 4 is 15.9 Å². The smallest absolute Gasteiger partial charge is 0.174 e. The van der Waals surface area contributed by atoms with Crippen LogP contribution in [-0.2, 0) is 0 Å². The van der Waals surface area contributed by atoms with Gasteiger partial charge < -0.3 is 9.72 Å². The summed E-state index contributed by atoms with van der Waals surface area (Å²) in [5.41, 5.74) is 4.57. The third-order valence-corrected chi connectivity index (χ3v) is 3.44. The second-order valence-corrected chi connectivity index (χ2v) is 5.40. The van der Waals surface area contributed by atoms with E-state index < -0.39 is 0 Å². The van der Waals surface area contributed by atoms with Gasteiger partial charge in [-0.2, -0.15) is 0 Å². The molecule has 0 aliphatic rings. The molecule has 2 rings (SSSR count). The number of rotatable bonds is 3. The fraction of sp³-hybridized carbons (Fsp3) is 0.357. The molecule has 0 spiro atoms. The van der Waals surface area contributed by atoms with Crippen molar-refractivity contribution in [1.82, 2.24) is 9.97 Å². The van der Waals surface area contributed by atoms with Crippen molar-refractivity contribution in [3.8, 4) is 17.0 Å². The summed E-state index contributed by atoms with van der Waals surface area (Å²) < 4.78 is 6.20. The van der Waals surface area contributed by atoms with E-state index in [0.29, 0.717) is 5.92 Å². The first-order chi connectivity index (χ1) is 8.52. The topological polar surface area (TPSA) is 37.9 Å². The lowest BCUT2D eigenvalue weighted by molar-refractivity contribution is 0.407. The predicted octanol–water partition coefficient (Wildman–Crippen LogP) is 4.28. The molecular weight excluding hydrogens is 292 g/mol. The third kappa shape index (κ3) is 2.43. The summed E-state index contributed by atoms with van der Waals surface area (Å²) >= 11 is 3.34. The standard InChI is InChI=1S/C14H17BrN2O/c1-8(2)10-6-11(9(3)5-13(10)18-4)12-7-16-14(15)17-12/h5-8H,1-4H3,(H,16,17). The highest BCUT2D eigenvalue weighted by Crippen LogP contribution is 2.33. The van der Waals surface area contributed by atoms with Gasteiger partial charge in [-0.3, -0.25) is 0 Å². The molecule has 0 atom stereocenters. The number of aromatic nitrogens is 2. The monoisotopic (exact) mass is 308 g/mol. The molecule has 0 unspecified atom stereocenters. The summed E-state index contributed by atoms with van der Waals surface area (Å²) in [7, 11) is 1.72. The summed E-state index contributed by atoms with van der Waals surface area (Å²) in [5.74, 6) is 1.37. The normalized spacial score (nSPS) is 11.0. The maximum Gasteiger partial charge on any atom is 0.174 e. The summed E-state index contributed by atoms with van der Waals surface area (Å²) in [6.07, 6.45) is 1.84. The zero-order chi connectivity index (χ0) is 13.3. The molecule has 0 aliphatic carbocycles. The van der Waals surface area contributed by atoms with Gasteiger partial charge in [0.25, 0.3) is 0 Å². The Bertz CT molecular complexity index is 561. The van der Waals surface area contributed by atoms with Gasteiger partial charge in [-0.15, -0.1) is 0 Å². The zero-order valence-electron chi connectivity index (χ0n) is 11.0. The van der Waals surface area contributed by atoms with Gasteiger partial charge >= 0.3 is 0 Å². The fourth-order valence-electron chi connectivity index (χ4n) is 2.05. The first-order valence-electron chi connectivity index (χ1n) is 5.92. The third-order valence-electron chi connectivity index (χ3n) is 3.03. The van der Waals surface area contributed by atoms with Crippen LogP contribution in [0, 0.1) is 6.92 Å². The number of aryl methyl sites for hydroxylation is 1. The molecule has 3 nitrogen and oxygen atoms in total. The maximum atomic E-state index is 5.45. The molecule has 18 heavy (non-hydrogen) atoms. The van der Waals surface area contributed by atoms with Crippen molar-refractivity contribution in [1.29, 1.82) is 0 Å². The van der Waals surface area contributed by atoms with Gasteiger partial charge in [0.05, 0.1) is 19.0 Å². The van der Waals surface area contributed by atoms with E-state index in [1.807, 2.05) is 6.20 Å². The van der Waals surface area contributed by atoms with Gasteiger partial charge in [-0.25, -0.2) is 4.98 Å². The first kappa shape index (κ1) is 13.1. The number of hydrogen-bond acceptors (Lipinski definition) is 2. The Morgan fingerprint density at radius 2 is 2.06 bits per heavy atom. The van der Waals surface area contributed by atoms with Crippen molar-refractivity contribution < 1.29 is 4.74 Å². The van der Waals surface area contributed by atoms with E-state index in [9.17, 15) is 0 Å². The summed E-state index contributed by atoms with van der Waals surface area (Å²) in [6.45, 7) is 6.41. The molecule has 0 bridgehead atoms. The molecule has 0 saturated carbocycles. The summed E-state index contributed by atoms with van der Waals surface area (Å²) in [5, 5.41) is 0. The molecule has 1 aromatic heterocycles. The largest absolute Gasteiger partial charge is 0.496 e. The molecule has 2 aromatic rings. The van der Waals surface area contributed by atoms with Gasteiger partial charge in [-0.05, 0) is 52.0 Å². The molecule has 0 aliphatic heterocycles. The second kappa shape index (κ2) is 5.14. The minimum Gasteiger partial charge on any atom is -0.496 e. The molecule has 0 amide bonds. The number of ether oxygens (including phenoxy) is 1. The van der Waals surface area contributed by atoms with Crippen LogP contribution in [0.3, 0.4) is 0 Å². The summed E-state index contributed by atoms with van der Waals surface area (Å²) in [4.78, 5) is 7.38. The minimum atomic E-state index is 0.422. The number of benzene rings is 1. The van der Waals surface area contributed by atoms with Crippen molar-refractivity contribution in [3.63, 3.8) is 0 Å². The average molecular weight is 309 g/mol. The van der Waals surface area contributed by atoms with E-state index in [1.165, 1.54) is 11.1 Å². The number of methoxy groups -OCH3 is 1. The van der Waals surface area contributed by atoms with Crippen molar-refractivity contribution in [2.24, 2.45) is 0 Å². The van der Waals surface area contributed by atoms with Crippen LogP contribution in [0.1, 0.15) is 30.9 Å². The van der Waals surface area contributed by atoms with Crippen LogP contribution in [0.5, 0.6) is 5.75 Å². The molecule has 0 radical (unpaired) electrons. The Morgan fingerprint density at radius 1 is 1.33 bits per heavy atom. The number of halogens is 1. The van der Waals surface area contributed by atoms with E-state index >= 15 is 0 Å². The van der Waals surface area contributed by atoms with E-state index in [4.69, 9.17) is 4.74 Å². The molecule has 0 fully saturated rings. The molecule has 96 valence electrons. The van der Waals surface area contributed by atoms with Crippen LogP contribution in [-0.4, -0.2) is 17.1 Å². The number of nitrogens with zero attached hydrogens (tertiary/aromatic N) is 1. The maximum absolute atomic E-state index is 5.45. The average Bonchev–Trinajstić information content (AvgIpc) is 2.74. The number of aromatic amines is 1. The fourth-order valence-corrected chi connectivity index (χ4v) is 2.37. The zero-order valence-corrected chi connectivity index (χ0v) is 12.6. The number of H-pyrrole nitrogens is 1. The Hall–Kier alpha value is -1.29. The molecule has 1 N–H and O–H groups in total. The lowest BCUT2D eigenvalue weighted by atomic mass is 9.95. The number of nitrogens with one attached hydrogen (secondary N) is 1. The molecule has 1 heterocycles.